The van der Waals surface area contributed by atoms with E-state index in [0.29, 0.717) is 39.0 Å². The Bertz CT molecular complexity index is 1900. The van der Waals surface area contributed by atoms with E-state index in [4.69, 9.17) is 23.2 Å². The molecule has 2 aromatic carbocycles. The average Bonchev–Trinajstić information content (AvgIpc) is 3.38. The predicted molar refractivity (Wildman–Crippen MR) is 163 cm³/mol. The van der Waals surface area contributed by atoms with Crippen molar-refractivity contribution in [2.24, 2.45) is 23.7 Å². The summed E-state index contributed by atoms with van der Waals surface area (Å²) in [5.74, 6) is -6.98. The number of carbonyl (C=O) groups is 4. The van der Waals surface area contributed by atoms with E-state index in [1.807, 2.05) is 6.08 Å². The first-order valence-electron chi connectivity index (χ1n) is 14.7. The van der Waals surface area contributed by atoms with Crippen molar-refractivity contribution in [2.45, 2.75) is 30.4 Å². The average molecular weight is 685 g/mol. The number of fused-ring (bicyclic) bond motifs is 4. The summed E-state index contributed by atoms with van der Waals surface area (Å²) >= 11 is 12.4. The lowest BCUT2D eigenvalue weighted by molar-refractivity contribution is -0.140. The Kier molecular flexibility index (Phi) is 7.18. The maximum atomic E-state index is 15.0. The number of nitrogens with zero attached hydrogens (tertiary/aromatic N) is 3. The van der Waals surface area contributed by atoms with Gasteiger partial charge in [0, 0.05) is 29.7 Å². The molecule has 6 atom stereocenters. The zero-order valence-electron chi connectivity index (χ0n) is 24.5. The zero-order valence-corrected chi connectivity index (χ0v) is 26.0. The molecule has 2 aliphatic heterocycles. The highest BCUT2D eigenvalue weighted by atomic mass is 35.5. The van der Waals surface area contributed by atoms with Crippen LogP contribution >= 0.6 is 23.2 Å². The number of hydrazine groups is 1. The van der Waals surface area contributed by atoms with Crippen LogP contribution in [0.3, 0.4) is 0 Å². The number of para-hydroxylation sites is 1. The van der Waals surface area contributed by atoms with Gasteiger partial charge in [-0.1, -0.05) is 65.2 Å². The van der Waals surface area contributed by atoms with Crippen molar-refractivity contribution in [3.8, 4) is 5.75 Å². The molecule has 2 aliphatic carbocycles. The van der Waals surface area contributed by atoms with Crippen LogP contribution in [-0.4, -0.2) is 50.7 Å². The normalized spacial score (nSPS) is 28.6. The number of alkyl halides is 3. The molecule has 7 rings (SSSR count). The van der Waals surface area contributed by atoms with Crippen molar-refractivity contribution in [1.29, 1.82) is 0 Å². The number of carbonyl (C=O) groups excluding carboxylic acids is 4. The summed E-state index contributed by atoms with van der Waals surface area (Å²) < 4.78 is 40.0. The molecule has 0 bridgehead atoms. The van der Waals surface area contributed by atoms with E-state index in [0.717, 1.165) is 4.90 Å². The molecule has 242 valence electrons. The standard InChI is InChI=1S/C33H25Cl2F3N4O5/c1-41-28(44)20-11-10-18-21(25(20)30(41)46)13-22-29(45)42(40-27-23(35)12-16(14-39-27)33(36,37)38)31(47)32(22,15-6-8-17(34)9-7-15)26(18)19-4-2-3-5-24(19)43/h2-10,12,14,20-22,25-26,43H,11,13H2,1H3,(H,39,40). The number of hydrogen-bond acceptors (Lipinski definition) is 7. The zero-order chi connectivity index (χ0) is 33.6. The molecule has 0 radical (unpaired) electrons. The number of phenolic OH excluding ortho intramolecular Hbond substituents is 1. The quantitative estimate of drug-likeness (QED) is 0.266. The molecule has 6 unspecified atom stereocenters. The minimum Gasteiger partial charge on any atom is -0.508 e. The first kappa shape index (κ1) is 31.2. The van der Waals surface area contributed by atoms with Gasteiger partial charge in [-0.15, -0.1) is 0 Å². The molecule has 4 amide bonds. The fourth-order valence-electron chi connectivity index (χ4n) is 8.02. The number of rotatable bonds is 4. The second-order valence-electron chi connectivity index (χ2n) is 12.2. The van der Waals surface area contributed by atoms with Crippen LogP contribution in [0.4, 0.5) is 19.0 Å². The Morgan fingerprint density at radius 1 is 0.979 bits per heavy atom. The van der Waals surface area contributed by atoms with Gasteiger partial charge in [0.2, 0.25) is 11.8 Å². The summed E-state index contributed by atoms with van der Waals surface area (Å²) in [6.07, 6.45) is -2.16. The van der Waals surface area contributed by atoms with Crippen LogP contribution in [-0.2, 0) is 30.8 Å². The summed E-state index contributed by atoms with van der Waals surface area (Å²) in [5, 5.41) is 11.8. The molecule has 4 aliphatic rings. The second-order valence-corrected chi connectivity index (χ2v) is 13.1. The van der Waals surface area contributed by atoms with Crippen LogP contribution < -0.4 is 5.43 Å². The van der Waals surface area contributed by atoms with Crippen LogP contribution in [0.15, 0.2) is 72.4 Å². The fourth-order valence-corrected chi connectivity index (χ4v) is 8.35. The van der Waals surface area contributed by atoms with Gasteiger partial charge in [-0.3, -0.25) is 29.5 Å². The lowest BCUT2D eigenvalue weighted by Gasteiger charge is -2.50. The Morgan fingerprint density at radius 3 is 2.34 bits per heavy atom. The summed E-state index contributed by atoms with van der Waals surface area (Å²) in [4.78, 5) is 60.9. The molecule has 3 fully saturated rings. The number of aromatic hydroxyl groups is 1. The van der Waals surface area contributed by atoms with Gasteiger partial charge in [-0.25, -0.2) is 4.98 Å². The van der Waals surface area contributed by atoms with E-state index in [1.165, 1.54) is 13.1 Å². The first-order valence-corrected chi connectivity index (χ1v) is 15.5. The number of likely N-dealkylation sites (tertiary alicyclic amines) is 1. The molecule has 1 aromatic heterocycles. The van der Waals surface area contributed by atoms with E-state index in [-0.39, 0.29) is 30.3 Å². The maximum absolute atomic E-state index is 15.0. The predicted octanol–water partition coefficient (Wildman–Crippen LogP) is 5.73. The fraction of sp³-hybridized carbons (Fsp3) is 0.303. The van der Waals surface area contributed by atoms with E-state index >= 15 is 0 Å². The number of halogens is 5. The molecule has 47 heavy (non-hydrogen) atoms. The number of nitrogens with one attached hydrogen (secondary N) is 1. The van der Waals surface area contributed by atoms with E-state index in [2.05, 4.69) is 10.4 Å². The number of imide groups is 2. The molecule has 14 heteroatoms. The third-order valence-corrected chi connectivity index (χ3v) is 10.6. The Balaban J connectivity index is 1.44. The highest BCUT2D eigenvalue weighted by Gasteiger charge is 2.70. The number of benzene rings is 2. The third kappa shape index (κ3) is 4.48. The van der Waals surface area contributed by atoms with Crippen LogP contribution in [0.25, 0.3) is 0 Å². The van der Waals surface area contributed by atoms with Gasteiger partial charge < -0.3 is 5.11 Å². The minimum absolute atomic E-state index is 0.0104. The van der Waals surface area contributed by atoms with Crippen LogP contribution in [0.1, 0.15) is 35.4 Å². The molecule has 0 spiro atoms. The topological polar surface area (TPSA) is 120 Å². The van der Waals surface area contributed by atoms with Crippen molar-refractivity contribution < 1.29 is 37.5 Å². The van der Waals surface area contributed by atoms with Crippen LogP contribution in [0.2, 0.25) is 10.0 Å². The van der Waals surface area contributed by atoms with Crippen LogP contribution in [0, 0.1) is 23.7 Å². The molecule has 3 heterocycles. The number of amides is 4. The summed E-state index contributed by atoms with van der Waals surface area (Å²) in [5.41, 5.74) is 1.07. The second kappa shape index (κ2) is 10.8. The Hall–Kier alpha value is -4.42. The number of hydrogen-bond donors (Lipinski definition) is 2. The SMILES string of the molecule is CN1C(=O)C2CC=C3C(CC4C(=O)N(Nc5ncc(C(F)(F)F)cc5Cl)C(=O)C4(c4ccc(Cl)cc4)C3c3ccccc3O)C2C1=O. The van der Waals surface area contributed by atoms with E-state index < -0.39 is 69.5 Å². The number of pyridine rings is 1. The molecule has 1 saturated carbocycles. The van der Waals surface area contributed by atoms with Gasteiger partial charge >= 0.3 is 6.18 Å². The van der Waals surface area contributed by atoms with Crippen molar-refractivity contribution in [3.05, 3.63) is 99.2 Å². The highest BCUT2D eigenvalue weighted by Crippen LogP contribution is 2.64. The van der Waals surface area contributed by atoms with E-state index in [1.54, 1.807) is 42.5 Å². The molecule has 9 nitrogen and oxygen atoms in total. The van der Waals surface area contributed by atoms with Gasteiger partial charge in [-0.2, -0.15) is 18.2 Å². The first-order chi connectivity index (χ1) is 22.3. The monoisotopic (exact) mass is 684 g/mol. The van der Waals surface area contributed by atoms with Crippen molar-refractivity contribution >= 4 is 52.6 Å². The van der Waals surface area contributed by atoms with Crippen molar-refractivity contribution in [1.82, 2.24) is 14.9 Å². The number of allylic oxidation sites excluding steroid dienone is 2. The lowest BCUT2D eigenvalue weighted by Crippen LogP contribution is -2.53. The summed E-state index contributed by atoms with van der Waals surface area (Å²) in [6.45, 7) is 0. The van der Waals surface area contributed by atoms with Gasteiger partial charge in [0.1, 0.15) is 5.75 Å². The smallest absolute Gasteiger partial charge is 0.417 e. The molecular formula is C33H25Cl2F3N4O5. The highest BCUT2D eigenvalue weighted by molar-refractivity contribution is 6.33. The lowest BCUT2D eigenvalue weighted by atomic mass is 9.49. The van der Waals surface area contributed by atoms with E-state index in [9.17, 15) is 37.5 Å². The number of phenols is 1. The molecule has 3 aromatic rings. The maximum Gasteiger partial charge on any atom is 0.417 e. The van der Waals surface area contributed by atoms with Crippen LogP contribution in [0.5, 0.6) is 5.75 Å². The third-order valence-electron chi connectivity index (χ3n) is 10.0. The van der Waals surface area contributed by atoms with Crippen molar-refractivity contribution in [3.63, 3.8) is 0 Å². The summed E-state index contributed by atoms with van der Waals surface area (Å²) in [6, 6.07) is 13.4. The Morgan fingerprint density at radius 2 is 1.68 bits per heavy atom. The molecule has 2 saturated heterocycles. The number of anilines is 1. The van der Waals surface area contributed by atoms with Gasteiger partial charge in [0.15, 0.2) is 5.82 Å². The largest absolute Gasteiger partial charge is 0.508 e. The summed E-state index contributed by atoms with van der Waals surface area (Å²) in [7, 11) is 1.42. The number of aromatic nitrogens is 1. The van der Waals surface area contributed by atoms with Gasteiger partial charge in [0.25, 0.3) is 11.8 Å². The van der Waals surface area contributed by atoms with Crippen molar-refractivity contribution in [2.75, 3.05) is 12.5 Å². The van der Waals surface area contributed by atoms with Gasteiger partial charge in [-0.05, 0) is 48.6 Å². The minimum atomic E-state index is -4.73. The molecule has 2 N–H and O–H groups in total. The molecular weight excluding hydrogens is 660 g/mol. The van der Waals surface area contributed by atoms with Gasteiger partial charge in [0.05, 0.1) is 33.8 Å². The Labute approximate surface area is 275 Å².